The molecule has 0 amide bonds. The van der Waals surface area contributed by atoms with Crippen LogP contribution in [0.2, 0.25) is 0 Å². The molecule has 2 saturated heterocycles. The monoisotopic (exact) mass is 982 g/mol. The van der Waals surface area contributed by atoms with Crippen molar-refractivity contribution in [2.75, 3.05) is 69.3 Å². The van der Waals surface area contributed by atoms with Gasteiger partial charge in [0.1, 0.15) is 17.2 Å². The number of aryl methyl sites for hydroxylation is 1. The fourth-order valence-electron chi connectivity index (χ4n) is 6.84. The van der Waals surface area contributed by atoms with Gasteiger partial charge in [0, 0.05) is 74.2 Å². The van der Waals surface area contributed by atoms with Crippen molar-refractivity contribution in [3.8, 4) is 39.8 Å². The first-order valence-electron chi connectivity index (χ1n) is 19.6. The highest BCUT2D eigenvalue weighted by Gasteiger charge is 2.34. The lowest BCUT2D eigenvalue weighted by Crippen LogP contribution is -2.48. The van der Waals surface area contributed by atoms with Crippen LogP contribution in [0.5, 0.6) is 17.2 Å². The Bertz CT molecular complexity index is 2770. The molecule has 0 saturated carbocycles. The number of sulfonamides is 2. The Morgan fingerprint density at radius 2 is 0.938 bits per heavy atom. The number of nitrogens with zero attached hydrogens (tertiary/aromatic N) is 6. The van der Waals surface area contributed by atoms with E-state index in [1.54, 1.807) is 7.11 Å². The van der Waals surface area contributed by atoms with Crippen LogP contribution < -0.4 is 24.0 Å². The van der Waals surface area contributed by atoms with Gasteiger partial charge in [0.15, 0.2) is 10.3 Å². The van der Waals surface area contributed by atoms with Crippen molar-refractivity contribution < 1.29 is 57.4 Å². The van der Waals surface area contributed by atoms with Crippen LogP contribution in [0.25, 0.3) is 22.5 Å². The molecule has 2 aliphatic rings. The Morgan fingerprint density at radius 3 is 1.32 bits per heavy atom. The van der Waals surface area contributed by atoms with Crippen molar-refractivity contribution in [3.05, 3.63) is 113 Å². The molecule has 0 spiro atoms. The number of aromatic nitrogens is 2. The molecule has 0 atom stereocenters. The van der Waals surface area contributed by atoms with Gasteiger partial charge in [-0.2, -0.15) is 8.61 Å². The summed E-state index contributed by atoms with van der Waals surface area (Å²) in [4.78, 5) is 13.3. The SMILES string of the molecule is COc1cccc(-c2csc(N3CCN(S(=O)(=O)c4ccc(OC(F)(F)F)cc4)CC3)n2)c1.Cc1cccc(-c2csc(N3CCN(S(=O)(=O)c4ccc(OC(F)(F)F)cc4)CC3)n2)c1. The maximum atomic E-state index is 12.9. The molecular weight excluding hydrogens is 943 g/mol. The summed E-state index contributed by atoms with van der Waals surface area (Å²) < 4.78 is 141. The maximum absolute atomic E-state index is 12.9. The molecule has 0 unspecified atom stereocenters. The molecule has 4 aromatic carbocycles. The second-order valence-corrected chi connectivity index (χ2v) is 20.0. The van der Waals surface area contributed by atoms with Gasteiger partial charge in [-0.05, 0) is 73.7 Å². The number of hydrogen-bond donors (Lipinski definition) is 0. The van der Waals surface area contributed by atoms with Crippen LogP contribution in [0.1, 0.15) is 5.56 Å². The molecule has 2 fully saturated rings. The number of ether oxygens (including phenoxy) is 3. The summed E-state index contributed by atoms with van der Waals surface area (Å²) in [5.74, 6) is -0.199. The van der Waals surface area contributed by atoms with Crippen molar-refractivity contribution in [2.24, 2.45) is 0 Å². The Labute approximate surface area is 379 Å². The van der Waals surface area contributed by atoms with Gasteiger partial charge in [0.2, 0.25) is 20.0 Å². The van der Waals surface area contributed by atoms with E-state index in [0.717, 1.165) is 92.6 Å². The molecule has 23 heteroatoms. The smallest absolute Gasteiger partial charge is 0.497 e. The van der Waals surface area contributed by atoms with E-state index < -0.39 is 44.3 Å². The molecule has 0 bridgehead atoms. The van der Waals surface area contributed by atoms with E-state index in [1.807, 2.05) is 69.9 Å². The first-order chi connectivity index (χ1) is 30.8. The predicted molar refractivity (Wildman–Crippen MR) is 235 cm³/mol. The van der Waals surface area contributed by atoms with Crippen LogP contribution in [-0.4, -0.2) is 108 Å². The number of hydrogen-bond acceptors (Lipinski definition) is 13. The van der Waals surface area contributed by atoms with Crippen LogP contribution in [-0.2, 0) is 20.0 Å². The van der Waals surface area contributed by atoms with E-state index in [-0.39, 0.29) is 36.0 Å². The fraction of sp³-hybridized carbons (Fsp3) is 0.286. The molecule has 0 N–H and O–H groups in total. The van der Waals surface area contributed by atoms with Crippen LogP contribution in [0, 0.1) is 6.92 Å². The minimum Gasteiger partial charge on any atom is -0.497 e. The summed E-state index contributed by atoms with van der Waals surface area (Å²) in [7, 11) is -6.05. The van der Waals surface area contributed by atoms with Crippen LogP contribution >= 0.6 is 22.7 Å². The molecule has 6 aromatic rings. The third-order valence-electron chi connectivity index (χ3n) is 10.1. The van der Waals surface area contributed by atoms with Crippen LogP contribution in [0.3, 0.4) is 0 Å². The van der Waals surface area contributed by atoms with Gasteiger partial charge < -0.3 is 24.0 Å². The van der Waals surface area contributed by atoms with E-state index in [1.165, 1.54) is 31.3 Å². The van der Waals surface area contributed by atoms with Crippen LogP contribution in [0.15, 0.2) is 118 Å². The van der Waals surface area contributed by atoms with E-state index >= 15 is 0 Å². The van der Waals surface area contributed by atoms with Crippen molar-refractivity contribution in [1.82, 2.24) is 18.6 Å². The molecule has 13 nitrogen and oxygen atoms in total. The average molecular weight is 983 g/mol. The number of rotatable bonds is 11. The highest BCUT2D eigenvalue weighted by atomic mass is 32.2. The van der Waals surface area contributed by atoms with Crippen molar-refractivity contribution >= 4 is 53.0 Å². The Morgan fingerprint density at radius 1 is 0.538 bits per heavy atom. The Hall–Kier alpha value is -5.46. The van der Waals surface area contributed by atoms with E-state index in [0.29, 0.717) is 26.2 Å². The number of thiazole rings is 2. The predicted octanol–water partition coefficient (Wildman–Crippen LogP) is 8.76. The second kappa shape index (κ2) is 19.6. The minimum absolute atomic E-state index is 0.0727. The van der Waals surface area contributed by atoms with E-state index in [2.05, 4.69) is 20.5 Å². The van der Waals surface area contributed by atoms with E-state index in [9.17, 15) is 43.2 Å². The number of alkyl halides is 6. The third-order valence-corrected chi connectivity index (χ3v) is 15.7. The lowest BCUT2D eigenvalue weighted by molar-refractivity contribution is -0.275. The number of benzene rings is 4. The molecule has 2 aliphatic heterocycles. The molecule has 346 valence electrons. The standard InChI is InChI=1S/C21H20F3N3O4S2.C21H20F3N3O3S2/c1-30-17-4-2-3-15(13-17)19-14-32-20(25-19)26-9-11-27(12-10-26)33(28,29)18-7-5-16(6-8-18)31-21(22,23)24;1-15-3-2-4-16(13-15)19-14-31-20(25-19)26-9-11-27(12-10-26)32(28,29)18-7-5-17(6-8-18)30-21(22,23)24/h2-8,13-14H,9-12H2,1H3;2-8,13-14H,9-12H2,1H3. The molecule has 65 heavy (non-hydrogen) atoms. The number of halogens is 6. The van der Waals surface area contributed by atoms with Gasteiger partial charge >= 0.3 is 12.7 Å². The highest BCUT2D eigenvalue weighted by Crippen LogP contribution is 2.33. The van der Waals surface area contributed by atoms with Gasteiger partial charge in [-0.3, -0.25) is 0 Å². The second-order valence-electron chi connectivity index (χ2n) is 14.5. The lowest BCUT2D eigenvalue weighted by Gasteiger charge is -2.33. The van der Waals surface area contributed by atoms with Gasteiger partial charge in [0.25, 0.3) is 0 Å². The highest BCUT2D eigenvalue weighted by molar-refractivity contribution is 7.89. The average Bonchev–Trinajstić information content (AvgIpc) is 3.98. The summed E-state index contributed by atoms with van der Waals surface area (Å²) in [5, 5.41) is 5.54. The molecule has 8 rings (SSSR count). The van der Waals surface area contributed by atoms with Gasteiger partial charge in [0.05, 0.1) is 28.3 Å². The van der Waals surface area contributed by atoms with Gasteiger partial charge in [-0.1, -0.05) is 35.9 Å². The minimum atomic E-state index is -4.83. The maximum Gasteiger partial charge on any atom is 0.573 e. The zero-order valence-electron chi connectivity index (χ0n) is 34.5. The molecule has 4 heterocycles. The Balaban J connectivity index is 0.000000194. The number of methoxy groups -OCH3 is 1. The topological polar surface area (TPSA) is 135 Å². The fourth-order valence-corrected chi connectivity index (χ4v) is 11.5. The van der Waals surface area contributed by atoms with Gasteiger partial charge in [-0.15, -0.1) is 49.0 Å². The molecule has 0 radical (unpaired) electrons. The molecule has 2 aromatic heterocycles. The zero-order valence-corrected chi connectivity index (χ0v) is 37.8. The number of piperazine rings is 2. The van der Waals surface area contributed by atoms with Gasteiger partial charge in [-0.25, -0.2) is 26.8 Å². The normalized spacial score (nSPS) is 15.6. The zero-order chi connectivity index (χ0) is 46.6. The lowest BCUT2D eigenvalue weighted by atomic mass is 10.1. The Kier molecular flexibility index (Phi) is 14.3. The first kappa shape index (κ1) is 47.5. The first-order valence-corrected chi connectivity index (χ1v) is 24.3. The summed E-state index contributed by atoms with van der Waals surface area (Å²) in [6.45, 7) is 4.82. The van der Waals surface area contributed by atoms with Crippen LogP contribution in [0.4, 0.5) is 36.6 Å². The third kappa shape index (κ3) is 12.1. The quantitative estimate of drug-likeness (QED) is 0.115. The molecular formula is C42H40F6N6O7S4. The summed E-state index contributed by atoms with van der Waals surface area (Å²) in [5.41, 5.74) is 4.80. The summed E-state index contributed by atoms with van der Waals surface area (Å²) >= 11 is 2.98. The summed E-state index contributed by atoms with van der Waals surface area (Å²) in [6, 6.07) is 24.1. The molecule has 0 aliphatic carbocycles. The summed E-state index contributed by atoms with van der Waals surface area (Å²) in [6.07, 6.45) is -9.66. The largest absolute Gasteiger partial charge is 0.573 e. The van der Waals surface area contributed by atoms with E-state index in [4.69, 9.17) is 9.72 Å². The van der Waals surface area contributed by atoms with Crippen molar-refractivity contribution in [2.45, 2.75) is 29.4 Å². The van der Waals surface area contributed by atoms with Crippen molar-refractivity contribution in [1.29, 1.82) is 0 Å². The van der Waals surface area contributed by atoms with Crippen molar-refractivity contribution in [3.63, 3.8) is 0 Å². The number of anilines is 2.